The van der Waals surface area contributed by atoms with Crippen LogP contribution in [0.3, 0.4) is 0 Å². The van der Waals surface area contributed by atoms with Gasteiger partial charge in [0.05, 0.1) is 30.4 Å². The monoisotopic (exact) mass is 277 g/mol. The third-order valence-electron chi connectivity index (χ3n) is 3.24. The Balaban J connectivity index is 0.000000704. The number of amides is 2. The first kappa shape index (κ1) is 14.7. The Morgan fingerprint density at radius 1 is 1.00 bits per heavy atom. The molecular weight excluding hydrogens is 258 g/mol. The fourth-order valence-corrected chi connectivity index (χ4v) is 2.28. The molecule has 1 saturated heterocycles. The lowest BCUT2D eigenvalue weighted by Crippen LogP contribution is -2.49. The maximum atomic E-state index is 12.2. The zero-order chi connectivity index (χ0) is 14.7. The van der Waals surface area contributed by atoms with Crippen molar-refractivity contribution in [1.82, 2.24) is 4.90 Å². The van der Waals surface area contributed by atoms with Crippen LogP contribution in [0.4, 0.5) is 0 Å². The quantitative estimate of drug-likeness (QED) is 0.737. The number of carbonyl (C=O) groups excluding carboxylic acids is 2. The molecule has 2 amide bonds. The largest absolute Gasteiger partial charge is 0.351 e. The van der Waals surface area contributed by atoms with Gasteiger partial charge in [-0.2, -0.15) is 0 Å². The molecule has 2 aliphatic heterocycles. The van der Waals surface area contributed by atoms with Crippen LogP contribution in [-0.4, -0.2) is 42.3 Å². The molecule has 0 bridgehead atoms. The highest BCUT2D eigenvalue weighted by Crippen LogP contribution is 2.26. The number of carbonyl (C=O) groups is 2. The Labute approximate surface area is 118 Å². The van der Waals surface area contributed by atoms with Gasteiger partial charge in [-0.25, -0.2) is 0 Å². The van der Waals surface area contributed by atoms with Crippen LogP contribution in [0.1, 0.15) is 41.5 Å². The van der Waals surface area contributed by atoms with Gasteiger partial charge < -0.3 is 9.47 Å². The van der Waals surface area contributed by atoms with E-state index in [2.05, 4.69) is 0 Å². The smallest absolute Gasteiger partial charge is 0.261 e. The number of ether oxygens (including phenoxy) is 2. The van der Waals surface area contributed by atoms with Gasteiger partial charge in [0.15, 0.2) is 6.29 Å². The molecule has 1 fully saturated rings. The van der Waals surface area contributed by atoms with E-state index in [4.69, 9.17) is 9.47 Å². The third kappa shape index (κ3) is 2.46. The third-order valence-corrected chi connectivity index (χ3v) is 3.24. The highest BCUT2D eigenvalue weighted by Gasteiger charge is 2.41. The predicted octanol–water partition coefficient (Wildman–Crippen LogP) is 2.07. The van der Waals surface area contributed by atoms with Crippen molar-refractivity contribution < 1.29 is 19.1 Å². The normalized spacial score (nSPS) is 25.1. The number of nitrogens with zero attached hydrogens (tertiary/aromatic N) is 1. The molecule has 3 rings (SSSR count). The standard InChI is InChI=1S/C13H13NO4.C2H6/c1-8-17-6-9(7-18-8)14-12(15)10-4-2-3-5-11(10)13(14)16;1-2/h2-5,8-9H,6-7H2,1H3;1-2H3. The van der Waals surface area contributed by atoms with Crippen molar-refractivity contribution in [2.24, 2.45) is 0 Å². The van der Waals surface area contributed by atoms with Crippen LogP contribution in [0.25, 0.3) is 0 Å². The second kappa shape index (κ2) is 6.15. The Hall–Kier alpha value is -1.72. The molecule has 0 saturated carbocycles. The first-order chi connectivity index (χ1) is 9.68. The number of fused-ring (bicyclic) bond motifs is 1. The summed E-state index contributed by atoms with van der Waals surface area (Å²) in [7, 11) is 0. The molecular formula is C15H19NO4. The number of benzene rings is 1. The Bertz CT molecular complexity index is 471. The minimum Gasteiger partial charge on any atom is -0.351 e. The molecule has 0 spiro atoms. The molecule has 108 valence electrons. The molecule has 2 aliphatic rings. The van der Waals surface area contributed by atoms with Crippen LogP contribution in [0.5, 0.6) is 0 Å². The van der Waals surface area contributed by atoms with Crippen LogP contribution >= 0.6 is 0 Å². The van der Waals surface area contributed by atoms with Gasteiger partial charge in [0, 0.05) is 0 Å². The fraction of sp³-hybridized carbons (Fsp3) is 0.467. The Morgan fingerprint density at radius 3 is 1.90 bits per heavy atom. The maximum Gasteiger partial charge on any atom is 0.261 e. The van der Waals surface area contributed by atoms with Gasteiger partial charge in [0.1, 0.15) is 0 Å². The second-order valence-electron chi connectivity index (χ2n) is 4.41. The van der Waals surface area contributed by atoms with Gasteiger partial charge in [-0.05, 0) is 19.1 Å². The number of imide groups is 1. The molecule has 2 heterocycles. The molecule has 20 heavy (non-hydrogen) atoms. The van der Waals surface area contributed by atoms with E-state index in [-0.39, 0.29) is 24.1 Å². The zero-order valence-corrected chi connectivity index (χ0v) is 12.0. The van der Waals surface area contributed by atoms with E-state index in [9.17, 15) is 9.59 Å². The number of hydrogen-bond donors (Lipinski definition) is 0. The highest BCUT2D eigenvalue weighted by molar-refractivity contribution is 6.21. The van der Waals surface area contributed by atoms with Crippen molar-refractivity contribution in [1.29, 1.82) is 0 Å². The summed E-state index contributed by atoms with van der Waals surface area (Å²) in [5.41, 5.74) is 0.919. The topological polar surface area (TPSA) is 55.8 Å². The summed E-state index contributed by atoms with van der Waals surface area (Å²) in [5.74, 6) is -0.523. The van der Waals surface area contributed by atoms with Gasteiger partial charge in [-0.3, -0.25) is 14.5 Å². The molecule has 1 aromatic rings. The van der Waals surface area contributed by atoms with Crippen LogP contribution in [-0.2, 0) is 9.47 Å². The highest BCUT2D eigenvalue weighted by atomic mass is 16.7. The Morgan fingerprint density at radius 2 is 1.45 bits per heavy atom. The molecule has 5 nitrogen and oxygen atoms in total. The summed E-state index contributed by atoms with van der Waals surface area (Å²) in [6, 6.07) is 6.51. The molecule has 5 heteroatoms. The molecule has 0 atom stereocenters. The van der Waals surface area contributed by atoms with E-state index in [1.807, 2.05) is 13.8 Å². The van der Waals surface area contributed by atoms with Crippen LogP contribution in [0.15, 0.2) is 24.3 Å². The molecule has 0 radical (unpaired) electrons. The van der Waals surface area contributed by atoms with Gasteiger partial charge in [-0.1, -0.05) is 26.0 Å². The van der Waals surface area contributed by atoms with E-state index in [1.165, 1.54) is 4.90 Å². The minimum atomic E-state index is -0.339. The van der Waals surface area contributed by atoms with E-state index in [1.54, 1.807) is 31.2 Å². The first-order valence-electron chi connectivity index (χ1n) is 6.88. The van der Waals surface area contributed by atoms with Gasteiger partial charge >= 0.3 is 0 Å². The van der Waals surface area contributed by atoms with Gasteiger partial charge in [0.25, 0.3) is 11.8 Å². The molecule has 0 aliphatic carbocycles. The average Bonchev–Trinajstić information content (AvgIpc) is 2.75. The van der Waals surface area contributed by atoms with Crippen molar-refractivity contribution in [2.75, 3.05) is 13.2 Å². The molecule has 1 aromatic carbocycles. The Kier molecular flexibility index (Phi) is 4.52. The van der Waals surface area contributed by atoms with E-state index < -0.39 is 0 Å². The minimum absolute atomic E-state index is 0.262. The van der Waals surface area contributed by atoms with Crippen LogP contribution < -0.4 is 0 Å². The van der Waals surface area contributed by atoms with E-state index in [0.717, 1.165) is 0 Å². The summed E-state index contributed by atoms with van der Waals surface area (Å²) in [6.07, 6.45) is -0.281. The summed E-state index contributed by atoms with van der Waals surface area (Å²) in [4.78, 5) is 25.6. The molecule has 0 unspecified atom stereocenters. The lowest BCUT2D eigenvalue weighted by Gasteiger charge is -2.32. The summed E-state index contributed by atoms with van der Waals surface area (Å²) < 4.78 is 10.7. The van der Waals surface area contributed by atoms with Crippen LogP contribution in [0, 0.1) is 0 Å². The van der Waals surface area contributed by atoms with Crippen molar-refractivity contribution >= 4 is 11.8 Å². The van der Waals surface area contributed by atoms with Gasteiger partial charge in [0.2, 0.25) is 0 Å². The van der Waals surface area contributed by atoms with Crippen LogP contribution in [0.2, 0.25) is 0 Å². The summed E-state index contributed by atoms with van der Waals surface area (Å²) in [5, 5.41) is 0. The molecule has 0 N–H and O–H groups in total. The average molecular weight is 277 g/mol. The molecule has 0 aromatic heterocycles. The maximum absolute atomic E-state index is 12.2. The first-order valence-corrected chi connectivity index (χ1v) is 6.88. The number of rotatable bonds is 1. The van der Waals surface area contributed by atoms with Crippen molar-refractivity contribution in [2.45, 2.75) is 33.1 Å². The lowest BCUT2D eigenvalue weighted by atomic mass is 10.1. The SMILES string of the molecule is CC.CC1OCC(N2C(=O)c3ccccc3C2=O)CO1. The predicted molar refractivity (Wildman–Crippen MR) is 73.4 cm³/mol. The summed E-state index contributed by atoms with van der Waals surface area (Å²) in [6.45, 7) is 6.44. The number of hydrogen-bond acceptors (Lipinski definition) is 4. The van der Waals surface area contributed by atoms with Gasteiger partial charge in [-0.15, -0.1) is 0 Å². The second-order valence-corrected chi connectivity index (χ2v) is 4.41. The van der Waals surface area contributed by atoms with E-state index >= 15 is 0 Å². The fourth-order valence-electron chi connectivity index (χ4n) is 2.28. The van der Waals surface area contributed by atoms with Crippen molar-refractivity contribution in [3.8, 4) is 0 Å². The van der Waals surface area contributed by atoms with E-state index in [0.29, 0.717) is 24.3 Å². The summed E-state index contributed by atoms with van der Waals surface area (Å²) >= 11 is 0. The zero-order valence-electron chi connectivity index (χ0n) is 12.0. The lowest BCUT2D eigenvalue weighted by molar-refractivity contribution is -0.187. The van der Waals surface area contributed by atoms with Crippen molar-refractivity contribution in [3.05, 3.63) is 35.4 Å². The van der Waals surface area contributed by atoms with Crippen molar-refractivity contribution in [3.63, 3.8) is 0 Å².